The topological polar surface area (TPSA) is 63.6 Å². The molecule has 1 fully saturated rings. The van der Waals surface area contributed by atoms with E-state index < -0.39 is 23.8 Å². The zero-order valence-electron chi connectivity index (χ0n) is 19.5. The van der Waals surface area contributed by atoms with Crippen LogP contribution in [0.15, 0.2) is 29.2 Å². The second-order valence-electron chi connectivity index (χ2n) is 10.5. The third-order valence-corrected chi connectivity index (χ3v) is 13.7. The average Bonchev–Trinajstić information content (AvgIpc) is 2.56. The molecule has 0 heterocycles. The van der Waals surface area contributed by atoms with Crippen LogP contribution in [0.4, 0.5) is 0 Å². The van der Waals surface area contributed by atoms with Gasteiger partial charge in [0.1, 0.15) is 0 Å². The van der Waals surface area contributed by atoms with Crippen molar-refractivity contribution in [3.05, 3.63) is 29.8 Å². The van der Waals surface area contributed by atoms with Gasteiger partial charge >= 0.3 is 0 Å². The van der Waals surface area contributed by atoms with Crippen LogP contribution in [-0.2, 0) is 14.3 Å². The fourth-order valence-corrected chi connectivity index (χ4v) is 7.45. The van der Waals surface area contributed by atoms with E-state index in [1.54, 1.807) is 12.1 Å². The highest BCUT2D eigenvalue weighted by atomic mass is 32.2. The van der Waals surface area contributed by atoms with Crippen LogP contribution in [0.25, 0.3) is 0 Å². The Balaban J connectivity index is 2.24. The fraction of sp³-hybridized carbons (Fsp3) is 0.739. The minimum atomic E-state index is -3.57. The summed E-state index contributed by atoms with van der Waals surface area (Å²) < 4.78 is 32.8. The molecule has 0 amide bonds. The zero-order chi connectivity index (χ0) is 22.3. The van der Waals surface area contributed by atoms with Gasteiger partial charge in [-0.3, -0.25) is 0 Å². The molecule has 4 atom stereocenters. The molecule has 0 aliphatic heterocycles. The van der Waals surface area contributed by atoms with Gasteiger partial charge in [-0.05, 0) is 61.9 Å². The summed E-state index contributed by atoms with van der Waals surface area (Å²) in [5.41, 5.74) is -0.211. The molecule has 0 saturated heterocycles. The summed E-state index contributed by atoms with van der Waals surface area (Å²) >= 11 is 0. The second-order valence-corrected chi connectivity index (χ2v) is 17.3. The Kier molecular flexibility index (Phi) is 7.16. The molecule has 0 bridgehead atoms. The maximum Gasteiger partial charge on any atom is 0.192 e. The lowest BCUT2D eigenvalue weighted by Gasteiger charge is -2.49. The van der Waals surface area contributed by atoms with Crippen LogP contribution < -0.4 is 0 Å². The van der Waals surface area contributed by atoms with Gasteiger partial charge in [0.2, 0.25) is 0 Å². The van der Waals surface area contributed by atoms with Crippen LogP contribution >= 0.6 is 0 Å². The summed E-state index contributed by atoms with van der Waals surface area (Å²) in [4.78, 5) is 0.290. The van der Waals surface area contributed by atoms with E-state index in [-0.39, 0.29) is 28.7 Å². The predicted molar refractivity (Wildman–Crippen MR) is 122 cm³/mol. The van der Waals surface area contributed by atoms with Gasteiger partial charge in [0.15, 0.2) is 18.2 Å². The van der Waals surface area contributed by atoms with Crippen LogP contribution in [-0.4, -0.2) is 39.3 Å². The highest BCUT2D eigenvalue weighted by Crippen LogP contribution is 2.45. The Hall–Kier alpha value is -0.693. The maximum absolute atomic E-state index is 13.1. The standard InChI is InChI=1S/C23H40O4SSi/c1-9-19-15-20(27-29(7,8)22(4,5)6)14-18(3)23(19,24)16-28(25,26)21-12-10-17(2)11-13-21/h10-13,18-20,24H,9,14-16H2,1-8H3/t18-,19+,20-,23-/m0/s1. The first-order chi connectivity index (χ1) is 13.1. The molecule has 1 aliphatic carbocycles. The van der Waals surface area contributed by atoms with Crippen molar-refractivity contribution in [3.8, 4) is 0 Å². The van der Waals surface area contributed by atoms with Crippen molar-refractivity contribution < 1.29 is 18.0 Å². The number of sulfone groups is 1. The van der Waals surface area contributed by atoms with Crippen LogP contribution in [0.2, 0.25) is 18.1 Å². The summed E-state index contributed by atoms with van der Waals surface area (Å²) in [6, 6.07) is 6.90. The van der Waals surface area contributed by atoms with Crippen molar-refractivity contribution in [2.24, 2.45) is 11.8 Å². The lowest BCUT2D eigenvalue weighted by atomic mass is 9.68. The summed E-state index contributed by atoms with van der Waals surface area (Å²) in [7, 11) is -5.48. The second kappa shape index (κ2) is 8.44. The highest BCUT2D eigenvalue weighted by Gasteiger charge is 2.51. The largest absolute Gasteiger partial charge is 0.414 e. The number of aliphatic hydroxyl groups is 1. The molecule has 0 unspecified atom stereocenters. The Morgan fingerprint density at radius 2 is 1.72 bits per heavy atom. The van der Waals surface area contributed by atoms with Gasteiger partial charge in [0.25, 0.3) is 0 Å². The van der Waals surface area contributed by atoms with Crippen molar-refractivity contribution in [1.29, 1.82) is 0 Å². The number of rotatable bonds is 6. The first-order valence-corrected chi connectivity index (χ1v) is 15.4. The van der Waals surface area contributed by atoms with E-state index in [9.17, 15) is 13.5 Å². The normalized spacial score (nSPS) is 29.1. The van der Waals surface area contributed by atoms with Crippen molar-refractivity contribution in [2.75, 3.05) is 5.75 Å². The smallest absolute Gasteiger partial charge is 0.192 e. The molecular formula is C23H40O4SSi. The summed E-state index contributed by atoms with van der Waals surface area (Å²) in [5.74, 6) is -0.465. The van der Waals surface area contributed by atoms with Gasteiger partial charge in [-0.25, -0.2) is 8.42 Å². The van der Waals surface area contributed by atoms with Gasteiger partial charge in [0.05, 0.1) is 16.2 Å². The first-order valence-electron chi connectivity index (χ1n) is 10.8. The molecule has 1 aliphatic rings. The van der Waals surface area contributed by atoms with E-state index in [2.05, 4.69) is 33.9 Å². The third-order valence-electron chi connectivity index (χ3n) is 7.29. The number of benzene rings is 1. The summed E-state index contributed by atoms with van der Waals surface area (Å²) in [6.45, 7) is 17.1. The van der Waals surface area contributed by atoms with E-state index in [1.165, 1.54) is 0 Å². The Bertz CT molecular complexity index is 795. The Morgan fingerprint density at radius 1 is 1.17 bits per heavy atom. The Morgan fingerprint density at radius 3 is 2.21 bits per heavy atom. The lowest BCUT2D eigenvalue weighted by molar-refractivity contribution is -0.101. The van der Waals surface area contributed by atoms with Crippen molar-refractivity contribution >= 4 is 18.2 Å². The monoisotopic (exact) mass is 440 g/mol. The molecule has 1 saturated carbocycles. The van der Waals surface area contributed by atoms with Crippen LogP contribution in [0.5, 0.6) is 0 Å². The van der Waals surface area contributed by atoms with Crippen LogP contribution in [0.1, 0.15) is 59.4 Å². The van der Waals surface area contributed by atoms with Gasteiger partial charge in [-0.1, -0.05) is 58.7 Å². The molecule has 1 aromatic rings. The quantitative estimate of drug-likeness (QED) is 0.606. The molecule has 0 aromatic heterocycles. The van der Waals surface area contributed by atoms with Gasteiger partial charge < -0.3 is 9.53 Å². The van der Waals surface area contributed by atoms with E-state index in [0.717, 1.165) is 12.0 Å². The molecular weight excluding hydrogens is 400 g/mol. The molecule has 0 spiro atoms. The van der Waals surface area contributed by atoms with Crippen molar-refractivity contribution in [3.63, 3.8) is 0 Å². The molecule has 0 radical (unpaired) electrons. The minimum Gasteiger partial charge on any atom is -0.414 e. The van der Waals surface area contributed by atoms with E-state index >= 15 is 0 Å². The highest BCUT2D eigenvalue weighted by molar-refractivity contribution is 7.91. The maximum atomic E-state index is 13.1. The minimum absolute atomic E-state index is 0.0817. The number of hydrogen-bond donors (Lipinski definition) is 1. The number of aryl methyl sites for hydroxylation is 1. The molecule has 1 N–H and O–H groups in total. The van der Waals surface area contributed by atoms with Crippen LogP contribution in [0.3, 0.4) is 0 Å². The van der Waals surface area contributed by atoms with Crippen molar-refractivity contribution in [2.45, 2.75) is 95.5 Å². The molecule has 6 heteroatoms. The van der Waals surface area contributed by atoms with Crippen LogP contribution in [0, 0.1) is 18.8 Å². The first kappa shape index (κ1) is 24.6. The van der Waals surface area contributed by atoms with Gasteiger partial charge in [0, 0.05) is 6.10 Å². The third kappa shape index (κ3) is 5.33. The average molecular weight is 441 g/mol. The predicted octanol–water partition coefficient (Wildman–Crippen LogP) is 5.35. The van der Waals surface area contributed by atoms with Gasteiger partial charge in [-0.2, -0.15) is 0 Å². The van der Waals surface area contributed by atoms with E-state index in [4.69, 9.17) is 4.43 Å². The summed E-state index contributed by atoms with van der Waals surface area (Å²) in [5, 5.41) is 11.7. The lowest BCUT2D eigenvalue weighted by Crippen LogP contribution is -2.56. The fourth-order valence-electron chi connectivity index (χ4n) is 4.22. The van der Waals surface area contributed by atoms with E-state index in [1.807, 2.05) is 32.9 Å². The summed E-state index contributed by atoms with van der Waals surface area (Å²) in [6.07, 6.45) is 2.23. The molecule has 1 aromatic carbocycles. The molecule has 4 nitrogen and oxygen atoms in total. The van der Waals surface area contributed by atoms with Crippen molar-refractivity contribution in [1.82, 2.24) is 0 Å². The van der Waals surface area contributed by atoms with E-state index in [0.29, 0.717) is 17.7 Å². The molecule has 166 valence electrons. The zero-order valence-corrected chi connectivity index (χ0v) is 21.3. The SMILES string of the molecule is CC[C@@H]1C[C@@H](O[Si](C)(C)C(C)(C)C)C[C@H](C)[C@@]1(O)CS(=O)(=O)c1ccc(C)cc1. The van der Waals surface area contributed by atoms with Gasteiger partial charge in [-0.15, -0.1) is 0 Å². The molecule has 2 rings (SSSR count). The Labute approximate surface area is 179 Å². The molecule has 29 heavy (non-hydrogen) atoms. The number of hydrogen-bond acceptors (Lipinski definition) is 4.